The molecule has 2 aromatic rings. The molecule has 1 amide bonds. The van der Waals surface area contributed by atoms with Gasteiger partial charge >= 0.3 is 6.09 Å². The Hall–Kier alpha value is -2.59. The standard InChI is InChI=1S/C17H21BrN6O3/c1-23-16(14(18)10-21-23)13-9-12(3-4-15(13)26-8-5-19)22-17(25)27-24-7-2-6-20-11-24/h3-4,9-11H,2,5-8,19H2,1H3,(H,22,25). The number of nitrogens with one attached hydrogen (secondary N) is 1. The smallest absolute Gasteiger partial charge is 0.436 e. The number of nitrogens with zero attached hydrogens (tertiary/aromatic N) is 4. The van der Waals surface area contributed by atoms with Gasteiger partial charge in [0.15, 0.2) is 0 Å². The molecule has 3 rings (SSSR count). The second-order valence-corrected chi connectivity index (χ2v) is 6.69. The highest BCUT2D eigenvalue weighted by molar-refractivity contribution is 9.10. The lowest BCUT2D eigenvalue weighted by molar-refractivity contribution is -0.0264. The average Bonchev–Trinajstić information content (AvgIpc) is 2.99. The molecule has 1 aromatic heterocycles. The van der Waals surface area contributed by atoms with Crippen molar-refractivity contribution >= 4 is 34.0 Å². The van der Waals surface area contributed by atoms with E-state index in [1.165, 1.54) is 11.4 Å². The van der Waals surface area contributed by atoms with Crippen LogP contribution in [-0.4, -0.2) is 53.5 Å². The van der Waals surface area contributed by atoms with Crippen LogP contribution in [0.1, 0.15) is 6.42 Å². The third-order valence-corrected chi connectivity index (χ3v) is 4.41. The summed E-state index contributed by atoms with van der Waals surface area (Å²) < 4.78 is 8.28. The van der Waals surface area contributed by atoms with E-state index >= 15 is 0 Å². The lowest BCUT2D eigenvalue weighted by atomic mass is 10.1. The third kappa shape index (κ3) is 4.77. The molecule has 10 heteroatoms. The van der Waals surface area contributed by atoms with Gasteiger partial charge in [-0.05, 0) is 40.5 Å². The maximum atomic E-state index is 12.2. The monoisotopic (exact) mass is 436 g/mol. The third-order valence-electron chi connectivity index (χ3n) is 3.83. The van der Waals surface area contributed by atoms with Crippen LogP contribution in [0.2, 0.25) is 0 Å². The summed E-state index contributed by atoms with van der Waals surface area (Å²) in [5.41, 5.74) is 7.71. The molecule has 9 nitrogen and oxygen atoms in total. The van der Waals surface area contributed by atoms with E-state index in [4.69, 9.17) is 15.3 Å². The van der Waals surface area contributed by atoms with Crippen molar-refractivity contribution in [3.05, 3.63) is 28.9 Å². The highest BCUT2D eigenvalue weighted by Gasteiger charge is 2.17. The van der Waals surface area contributed by atoms with Crippen LogP contribution >= 0.6 is 15.9 Å². The fourth-order valence-corrected chi connectivity index (χ4v) is 3.20. The highest BCUT2D eigenvalue weighted by atomic mass is 79.9. The van der Waals surface area contributed by atoms with Crippen LogP contribution in [0.5, 0.6) is 5.75 Å². The number of hydroxylamine groups is 2. The van der Waals surface area contributed by atoms with Gasteiger partial charge in [0.2, 0.25) is 0 Å². The van der Waals surface area contributed by atoms with Gasteiger partial charge in [0.05, 0.1) is 22.9 Å². The molecule has 144 valence electrons. The zero-order valence-electron chi connectivity index (χ0n) is 14.9. The molecule has 0 atom stereocenters. The van der Waals surface area contributed by atoms with Crippen molar-refractivity contribution in [2.24, 2.45) is 17.8 Å². The first-order chi connectivity index (χ1) is 13.1. The van der Waals surface area contributed by atoms with Gasteiger partial charge in [-0.2, -0.15) is 10.2 Å². The number of aryl methyl sites for hydroxylation is 1. The molecular formula is C17H21BrN6O3. The number of hydrogen-bond donors (Lipinski definition) is 2. The first kappa shape index (κ1) is 19.2. The summed E-state index contributed by atoms with van der Waals surface area (Å²) in [7, 11) is 1.83. The van der Waals surface area contributed by atoms with Gasteiger partial charge in [-0.3, -0.25) is 15.0 Å². The van der Waals surface area contributed by atoms with Crippen LogP contribution in [0.4, 0.5) is 10.5 Å². The minimum atomic E-state index is -0.589. The minimum absolute atomic E-state index is 0.381. The summed E-state index contributed by atoms with van der Waals surface area (Å²) in [5.74, 6) is 0.645. The number of amides is 1. The maximum Gasteiger partial charge on any atom is 0.436 e. The van der Waals surface area contributed by atoms with E-state index in [9.17, 15) is 4.79 Å². The number of nitrogens with two attached hydrogens (primary N) is 1. The van der Waals surface area contributed by atoms with Crippen LogP contribution in [0.25, 0.3) is 11.3 Å². The van der Waals surface area contributed by atoms with Crippen LogP contribution < -0.4 is 15.8 Å². The number of carbonyl (C=O) groups excluding carboxylic acids is 1. The number of carbonyl (C=O) groups is 1. The molecule has 0 radical (unpaired) electrons. The number of anilines is 1. The number of ether oxygens (including phenoxy) is 1. The van der Waals surface area contributed by atoms with E-state index in [0.29, 0.717) is 31.1 Å². The molecule has 0 unspecified atom stereocenters. The molecule has 0 bridgehead atoms. The van der Waals surface area contributed by atoms with Gasteiger partial charge in [-0.25, -0.2) is 4.79 Å². The maximum absolute atomic E-state index is 12.2. The van der Waals surface area contributed by atoms with Crippen molar-refractivity contribution in [2.75, 3.05) is 31.6 Å². The molecule has 0 fully saturated rings. The number of benzene rings is 1. The minimum Gasteiger partial charge on any atom is -0.492 e. The normalized spacial score (nSPS) is 13.5. The van der Waals surface area contributed by atoms with Crippen molar-refractivity contribution in [3.8, 4) is 17.0 Å². The molecule has 1 aliphatic heterocycles. The predicted molar refractivity (Wildman–Crippen MR) is 106 cm³/mol. The number of hydrogen-bond acceptors (Lipinski definition) is 7. The first-order valence-electron chi connectivity index (χ1n) is 8.49. The summed E-state index contributed by atoms with van der Waals surface area (Å²) >= 11 is 3.50. The number of halogens is 1. The molecular weight excluding hydrogens is 416 g/mol. The zero-order chi connectivity index (χ0) is 19.2. The van der Waals surface area contributed by atoms with E-state index in [1.54, 1.807) is 29.1 Å². The largest absolute Gasteiger partial charge is 0.492 e. The highest BCUT2D eigenvalue weighted by Crippen LogP contribution is 2.36. The lowest BCUT2D eigenvalue weighted by Gasteiger charge is -2.21. The molecule has 0 spiro atoms. The van der Waals surface area contributed by atoms with Crippen LogP contribution in [0.15, 0.2) is 33.9 Å². The Bertz CT molecular complexity index is 819. The van der Waals surface area contributed by atoms with Gasteiger partial charge in [0.25, 0.3) is 0 Å². The molecule has 0 saturated carbocycles. The van der Waals surface area contributed by atoms with Gasteiger partial charge in [-0.15, -0.1) is 0 Å². The first-order valence-corrected chi connectivity index (χ1v) is 9.28. The second kappa shape index (κ2) is 8.87. The Balaban J connectivity index is 1.82. The molecule has 0 saturated heterocycles. The van der Waals surface area contributed by atoms with E-state index in [1.807, 2.05) is 7.05 Å². The number of rotatable bonds is 6. The molecule has 2 heterocycles. The Morgan fingerprint density at radius 1 is 1.44 bits per heavy atom. The Labute approximate surface area is 165 Å². The van der Waals surface area contributed by atoms with Gasteiger partial charge < -0.3 is 15.3 Å². The lowest BCUT2D eigenvalue weighted by Crippen LogP contribution is -2.32. The Kier molecular flexibility index (Phi) is 6.30. The fraction of sp³-hybridized carbons (Fsp3) is 0.353. The van der Waals surface area contributed by atoms with E-state index in [2.05, 4.69) is 31.3 Å². The van der Waals surface area contributed by atoms with Gasteiger partial charge in [0, 0.05) is 31.4 Å². The Morgan fingerprint density at radius 2 is 2.30 bits per heavy atom. The summed E-state index contributed by atoms with van der Waals surface area (Å²) in [6.07, 6.45) is 3.47. The second-order valence-electron chi connectivity index (χ2n) is 5.83. The van der Waals surface area contributed by atoms with E-state index in [0.717, 1.165) is 28.7 Å². The van der Waals surface area contributed by atoms with Crippen LogP contribution in [-0.2, 0) is 11.9 Å². The molecule has 1 aliphatic rings. The fourth-order valence-electron chi connectivity index (χ4n) is 2.64. The van der Waals surface area contributed by atoms with Crippen molar-refractivity contribution in [1.29, 1.82) is 0 Å². The summed E-state index contributed by atoms with van der Waals surface area (Å²) in [4.78, 5) is 21.5. The van der Waals surface area contributed by atoms with Gasteiger partial charge in [0.1, 0.15) is 18.7 Å². The molecule has 0 aliphatic carbocycles. The summed E-state index contributed by atoms with van der Waals surface area (Å²) in [6.45, 7) is 2.14. The predicted octanol–water partition coefficient (Wildman–Crippen LogP) is 2.38. The summed E-state index contributed by atoms with van der Waals surface area (Å²) in [6, 6.07) is 5.33. The number of aliphatic imine (C=N–C) groups is 1. The average molecular weight is 437 g/mol. The zero-order valence-corrected chi connectivity index (χ0v) is 16.5. The molecule has 1 aromatic carbocycles. The number of aromatic nitrogens is 2. The van der Waals surface area contributed by atoms with E-state index < -0.39 is 6.09 Å². The van der Waals surface area contributed by atoms with Crippen molar-refractivity contribution in [1.82, 2.24) is 14.8 Å². The quantitative estimate of drug-likeness (QED) is 0.719. The van der Waals surface area contributed by atoms with Crippen LogP contribution in [0, 0.1) is 0 Å². The van der Waals surface area contributed by atoms with Crippen molar-refractivity contribution in [3.63, 3.8) is 0 Å². The summed E-state index contributed by atoms with van der Waals surface area (Å²) in [5, 5.41) is 8.38. The van der Waals surface area contributed by atoms with Gasteiger partial charge in [-0.1, -0.05) is 0 Å². The SMILES string of the molecule is Cn1ncc(Br)c1-c1cc(NC(=O)ON2C=NCCC2)ccc1OCCN. The van der Waals surface area contributed by atoms with E-state index in [-0.39, 0.29) is 0 Å². The molecule has 3 N–H and O–H groups in total. The van der Waals surface area contributed by atoms with Crippen LogP contribution in [0.3, 0.4) is 0 Å². The topological polar surface area (TPSA) is 107 Å². The Morgan fingerprint density at radius 3 is 2.96 bits per heavy atom. The van der Waals surface area contributed by atoms with Crippen molar-refractivity contribution < 1.29 is 14.4 Å². The van der Waals surface area contributed by atoms with Crippen molar-refractivity contribution in [2.45, 2.75) is 6.42 Å². The molecule has 27 heavy (non-hydrogen) atoms.